The van der Waals surface area contributed by atoms with Crippen LogP contribution in [0.5, 0.6) is 0 Å². The molecule has 0 saturated carbocycles. The highest BCUT2D eigenvalue weighted by Crippen LogP contribution is 2.31. The second-order valence-electron chi connectivity index (χ2n) is 5.77. The van der Waals surface area contributed by atoms with Crippen molar-refractivity contribution in [2.75, 3.05) is 21.9 Å². The van der Waals surface area contributed by atoms with Crippen LogP contribution in [0.2, 0.25) is 0 Å². The van der Waals surface area contributed by atoms with Crippen LogP contribution < -0.4 is 9.62 Å². The number of amides is 1. The highest BCUT2D eigenvalue weighted by molar-refractivity contribution is 9.10. The molecule has 1 amide bonds. The average molecular weight is 424 g/mol. The molecule has 0 bridgehead atoms. The quantitative estimate of drug-likeness (QED) is 0.818. The van der Waals surface area contributed by atoms with Crippen molar-refractivity contribution in [2.45, 2.75) is 19.8 Å². The molecule has 0 atom stereocenters. The van der Waals surface area contributed by atoms with Crippen LogP contribution in [0.25, 0.3) is 0 Å². The SMILES string of the molecule is CCS(=O)(=O)N1CCCc2cc(NC(=O)c3cncc(Br)c3)ccc21. The summed E-state index contributed by atoms with van der Waals surface area (Å²) < 4.78 is 26.7. The van der Waals surface area contributed by atoms with Crippen molar-refractivity contribution in [2.24, 2.45) is 0 Å². The van der Waals surface area contributed by atoms with Gasteiger partial charge in [0.05, 0.1) is 17.0 Å². The zero-order valence-corrected chi connectivity index (χ0v) is 16.1. The number of carbonyl (C=O) groups is 1. The number of hydrogen-bond donors (Lipinski definition) is 1. The molecule has 0 radical (unpaired) electrons. The molecule has 1 aliphatic heterocycles. The largest absolute Gasteiger partial charge is 0.322 e. The van der Waals surface area contributed by atoms with E-state index in [9.17, 15) is 13.2 Å². The van der Waals surface area contributed by atoms with E-state index in [1.54, 1.807) is 31.3 Å². The summed E-state index contributed by atoms with van der Waals surface area (Å²) in [4.78, 5) is 16.3. The lowest BCUT2D eigenvalue weighted by atomic mass is 10.0. The minimum Gasteiger partial charge on any atom is -0.322 e. The second kappa shape index (κ2) is 7.13. The Balaban J connectivity index is 1.85. The van der Waals surface area contributed by atoms with Gasteiger partial charge < -0.3 is 5.32 Å². The molecule has 2 aromatic rings. The molecule has 2 heterocycles. The third kappa shape index (κ3) is 3.85. The van der Waals surface area contributed by atoms with Crippen LogP contribution in [-0.4, -0.2) is 31.6 Å². The molecule has 0 aliphatic carbocycles. The predicted molar refractivity (Wildman–Crippen MR) is 101 cm³/mol. The third-order valence-corrected chi connectivity index (χ3v) is 6.30. The second-order valence-corrected chi connectivity index (χ2v) is 8.86. The number of anilines is 2. The Morgan fingerprint density at radius 3 is 2.84 bits per heavy atom. The van der Waals surface area contributed by atoms with Gasteiger partial charge in [0.25, 0.3) is 5.91 Å². The van der Waals surface area contributed by atoms with E-state index < -0.39 is 10.0 Å². The molecular formula is C17H18BrN3O3S. The third-order valence-electron chi connectivity index (χ3n) is 4.08. The van der Waals surface area contributed by atoms with Crippen LogP contribution in [0.4, 0.5) is 11.4 Å². The lowest BCUT2D eigenvalue weighted by molar-refractivity contribution is 0.102. The number of rotatable bonds is 4. The van der Waals surface area contributed by atoms with Crippen molar-refractivity contribution in [1.82, 2.24) is 4.98 Å². The van der Waals surface area contributed by atoms with Crippen molar-refractivity contribution >= 4 is 43.2 Å². The molecule has 0 spiro atoms. The summed E-state index contributed by atoms with van der Waals surface area (Å²) in [5, 5.41) is 2.84. The lowest BCUT2D eigenvalue weighted by Gasteiger charge is -2.30. The molecule has 0 saturated heterocycles. The van der Waals surface area contributed by atoms with Crippen LogP contribution in [0.1, 0.15) is 29.3 Å². The molecule has 3 rings (SSSR count). The zero-order valence-electron chi connectivity index (χ0n) is 13.7. The average Bonchev–Trinajstić information content (AvgIpc) is 2.61. The molecule has 1 aliphatic rings. The number of benzene rings is 1. The molecule has 1 aromatic heterocycles. The number of sulfonamides is 1. The topological polar surface area (TPSA) is 79.4 Å². The van der Waals surface area contributed by atoms with E-state index in [1.807, 2.05) is 6.07 Å². The van der Waals surface area contributed by atoms with Gasteiger partial charge in [-0.2, -0.15) is 0 Å². The van der Waals surface area contributed by atoms with Crippen LogP contribution in [0.3, 0.4) is 0 Å². The van der Waals surface area contributed by atoms with E-state index in [-0.39, 0.29) is 11.7 Å². The highest BCUT2D eigenvalue weighted by Gasteiger charge is 2.26. The Morgan fingerprint density at radius 1 is 1.32 bits per heavy atom. The maximum atomic E-state index is 12.3. The Labute approximate surface area is 155 Å². The summed E-state index contributed by atoms with van der Waals surface area (Å²) in [6, 6.07) is 7.02. The lowest BCUT2D eigenvalue weighted by Crippen LogP contribution is -2.36. The van der Waals surface area contributed by atoms with Gasteiger partial charge in [-0.15, -0.1) is 0 Å². The minimum absolute atomic E-state index is 0.0703. The number of nitrogens with one attached hydrogen (secondary N) is 1. The number of carbonyl (C=O) groups excluding carboxylic acids is 1. The van der Waals surface area contributed by atoms with E-state index in [0.717, 1.165) is 22.9 Å². The van der Waals surface area contributed by atoms with E-state index in [2.05, 4.69) is 26.2 Å². The molecule has 0 fully saturated rings. The van der Waals surface area contributed by atoms with Crippen molar-refractivity contribution in [3.05, 3.63) is 52.3 Å². The summed E-state index contributed by atoms with van der Waals surface area (Å²) in [5.41, 5.74) is 2.71. The molecule has 0 unspecified atom stereocenters. The molecule has 6 nitrogen and oxygen atoms in total. The van der Waals surface area contributed by atoms with E-state index in [4.69, 9.17) is 0 Å². The van der Waals surface area contributed by atoms with Gasteiger partial charge in [-0.05, 0) is 65.5 Å². The van der Waals surface area contributed by atoms with Crippen LogP contribution >= 0.6 is 15.9 Å². The Morgan fingerprint density at radius 2 is 2.12 bits per heavy atom. The summed E-state index contributed by atoms with van der Waals surface area (Å²) in [7, 11) is -3.29. The maximum absolute atomic E-state index is 12.3. The summed E-state index contributed by atoms with van der Waals surface area (Å²) in [6.07, 6.45) is 4.65. The first-order valence-electron chi connectivity index (χ1n) is 7.96. The molecular weight excluding hydrogens is 406 g/mol. The highest BCUT2D eigenvalue weighted by atomic mass is 79.9. The van der Waals surface area contributed by atoms with Crippen molar-refractivity contribution in [1.29, 1.82) is 0 Å². The van der Waals surface area contributed by atoms with Crippen molar-refractivity contribution in [3.8, 4) is 0 Å². The fraction of sp³-hybridized carbons (Fsp3) is 0.294. The fourth-order valence-electron chi connectivity index (χ4n) is 2.82. The fourth-order valence-corrected chi connectivity index (χ4v) is 4.39. The first kappa shape index (κ1) is 17.9. The summed E-state index contributed by atoms with van der Waals surface area (Å²) in [5.74, 6) is -0.191. The van der Waals surface area contributed by atoms with Gasteiger partial charge in [-0.3, -0.25) is 14.1 Å². The van der Waals surface area contributed by atoms with Gasteiger partial charge >= 0.3 is 0 Å². The monoisotopic (exact) mass is 423 g/mol. The van der Waals surface area contributed by atoms with Gasteiger partial charge in [0.15, 0.2) is 0 Å². The molecule has 1 aromatic carbocycles. The van der Waals surface area contributed by atoms with Crippen LogP contribution in [0, 0.1) is 0 Å². The van der Waals surface area contributed by atoms with Gasteiger partial charge in [0.2, 0.25) is 10.0 Å². The number of aryl methyl sites for hydroxylation is 1. The van der Waals surface area contributed by atoms with Gasteiger partial charge in [0.1, 0.15) is 0 Å². The summed E-state index contributed by atoms with van der Waals surface area (Å²) in [6.45, 7) is 2.14. The molecule has 25 heavy (non-hydrogen) atoms. The normalized spacial score (nSPS) is 14.1. The van der Waals surface area contributed by atoms with E-state index in [1.165, 1.54) is 10.5 Å². The van der Waals surface area contributed by atoms with E-state index >= 15 is 0 Å². The van der Waals surface area contributed by atoms with Crippen molar-refractivity contribution < 1.29 is 13.2 Å². The standard InChI is InChI=1S/C17H18BrN3O3S/c1-2-25(23,24)21-7-3-4-12-9-15(5-6-16(12)21)20-17(22)13-8-14(18)11-19-10-13/h5-6,8-11H,2-4,7H2,1H3,(H,20,22). The molecule has 8 heteroatoms. The van der Waals surface area contributed by atoms with Crippen molar-refractivity contribution in [3.63, 3.8) is 0 Å². The Bertz CT molecular complexity index is 915. The smallest absolute Gasteiger partial charge is 0.257 e. The number of nitrogens with zero attached hydrogens (tertiary/aromatic N) is 2. The van der Waals surface area contributed by atoms with Gasteiger partial charge in [0, 0.05) is 29.1 Å². The number of pyridine rings is 1. The first-order chi connectivity index (χ1) is 11.9. The Kier molecular flexibility index (Phi) is 5.10. The summed E-state index contributed by atoms with van der Waals surface area (Å²) >= 11 is 3.29. The number of aromatic nitrogens is 1. The minimum atomic E-state index is -3.29. The number of fused-ring (bicyclic) bond motifs is 1. The maximum Gasteiger partial charge on any atom is 0.257 e. The van der Waals surface area contributed by atoms with Crippen LogP contribution in [-0.2, 0) is 16.4 Å². The molecule has 1 N–H and O–H groups in total. The molecule has 132 valence electrons. The van der Waals surface area contributed by atoms with E-state index in [0.29, 0.717) is 23.5 Å². The number of hydrogen-bond acceptors (Lipinski definition) is 4. The van der Waals surface area contributed by atoms with Gasteiger partial charge in [-0.25, -0.2) is 8.42 Å². The predicted octanol–water partition coefficient (Wildman–Crippen LogP) is 3.20. The van der Waals surface area contributed by atoms with Crippen LogP contribution in [0.15, 0.2) is 41.1 Å². The number of halogens is 1. The van der Waals surface area contributed by atoms with Gasteiger partial charge in [-0.1, -0.05) is 0 Å². The first-order valence-corrected chi connectivity index (χ1v) is 10.4. The zero-order chi connectivity index (χ0) is 18.0. The Hall–Kier alpha value is -1.93.